The van der Waals surface area contributed by atoms with Gasteiger partial charge in [0.15, 0.2) is 0 Å². The molecule has 1 saturated heterocycles. The van der Waals surface area contributed by atoms with Crippen molar-refractivity contribution in [3.05, 3.63) is 28.8 Å². The summed E-state index contributed by atoms with van der Waals surface area (Å²) in [5.74, 6) is -0.415. The summed E-state index contributed by atoms with van der Waals surface area (Å²) in [5, 5.41) is 15.6. The Labute approximate surface area is 129 Å². The second-order valence-electron chi connectivity index (χ2n) is 5.00. The first-order chi connectivity index (χ1) is 10.2. The van der Waals surface area contributed by atoms with Gasteiger partial charge in [0.25, 0.3) is 0 Å². The first-order valence-electron chi connectivity index (χ1n) is 6.97. The number of ether oxygens (including phenoxy) is 1. The average molecular weight is 308 g/mol. The van der Waals surface area contributed by atoms with E-state index in [1.54, 1.807) is 18.2 Å². The monoisotopic (exact) mass is 307 g/mol. The van der Waals surface area contributed by atoms with Crippen LogP contribution in [0.5, 0.6) is 0 Å². The van der Waals surface area contributed by atoms with Gasteiger partial charge in [-0.25, -0.2) is 0 Å². The largest absolute Gasteiger partial charge is 0.379 e. The minimum Gasteiger partial charge on any atom is -0.379 e. The van der Waals surface area contributed by atoms with Crippen molar-refractivity contribution in [2.75, 3.05) is 25.1 Å². The van der Waals surface area contributed by atoms with E-state index in [9.17, 15) is 4.79 Å². The fourth-order valence-corrected chi connectivity index (χ4v) is 2.46. The summed E-state index contributed by atoms with van der Waals surface area (Å²) in [6.07, 6.45) is 0.998. The summed E-state index contributed by atoms with van der Waals surface area (Å²) < 4.78 is 5.39. The SMILES string of the molecule is CCCNC1COCC1C(=O)Nc1cc(Cl)ccc1C#N. The second-order valence-corrected chi connectivity index (χ2v) is 5.43. The number of hydrogen-bond acceptors (Lipinski definition) is 4. The Kier molecular flexibility index (Phi) is 5.57. The van der Waals surface area contributed by atoms with Crippen molar-refractivity contribution in [3.8, 4) is 6.07 Å². The van der Waals surface area contributed by atoms with Crippen LogP contribution in [0.4, 0.5) is 5.69 Å². The van der Waals surface area contributed by atoms with E-state index in [0.29, 0.717) is 29.5 Å². The lowest BCUT2D eigenvalue weighted by molar-refractivity contribution is -0.120. The molecule has 0 saturated carbocycles. The Hall–Kier alpha value is -1.61. The van der Waals surface area contributed by atoms with Crippen LogP contribution in [0.25, 0.3) is 0 Å². The molecule has 1 aliphatic heterocycles. The average Bonchev–Trinajstić information content (AvgIpc) is 2.94. The van der Waals surface area contributed by atoms with Crippen LogP contribution in [-0.4, -0.2) is 31.7 Å². The van der Waals surface area contributed by atoms with Gasteiger partial charge in [0, 0.05) is 11.1 Å². The van der Waals surface area contributed by atoms with Gasteiger partial charge in [-0.2, -0.15) is 5.26 Å². The molecule has 0 aliphatic carbocycles. The molecule has 0 bridgehead atoms. The summed E-state index contributed by atoms with van der Waals surface area (Å²) in [7, 11) is 0. The van der Waals surface area contributed by atoms with Crippen molar-refractivity contribution >= 4 is 23.2 Å². The third-order valence-corrected chi connectivity index (χ3v) is 3.67. The van der Waals surface area contributed by atoms with Crippen LogP contribution in [0, 0.1) is 17.2 Å². The molecule has 1 aromatic carbocycles. The highest BCUT2D eigenvalue weighted by Gasteiger charge is 2.33. The molecule has 0 spiro atoms. The van der Waals surface area contributed by atoms with Gasteiger partial charge in [-0.3, -0.25) is 4.79 Å². The number of amides is 1. The fourth-order valence-electron chi connectivity index (χ4n) is 2.29. The Morgan fingerprint density at radius 1 is 1.52 bits per heavy atom. The molecule has 6 heteroatoms. The van der Waals surface area contributed by atoms with Crippen molar-refractivity contribution in [3.63, 3.8) is 0 Å². The number of rotatable bonds is 5. The third-order valence-electron chi connectivity index (χ3n) is 3.43. The highest BCUT2D eigenvalue weighted by Crippen LogP contribution is 2.22. The molecule has 2 rings (SSSR count). The topological polar surface area (TPSA) is 74.2 Å². The smallest absolute Gasteiger partial charge is 0.231 e. The highest BCUT2D eigenvalue weighted by molar-refractivity contribution is 6.31. The number of carbonyl (C=O) groups excluding carboxylic acids is 1. The molecule has 2 atom stereocenters. The summed E-state index contributed by atoms with van der Waals surface area (Å²) >= 11 is 5.92. The van der Waals surface area contributed by atoms with Gasteiger partial charge < -0.3 is 15.4 Å². The number of hydrogen-bond donors (Lipinski definition) is 2. The summed E-state index contributed by atoms with van der Waals surface area (Å²) in [4.78, 5) is 12.4. The number of benzene rings is 1. The van der Waals surface area contributed by atoms with Crippen molar-refractivity contribution in [1.29, 1.82) is 5.26 Å². The van der Waals surface area contributed by atoms with Crippen molar-refractivity contribution < 1.29 is 9.53 Å². The maximum Gasteiger partial charge on any atom is 0.231 e. The van der Waals surface area contributed by atoms with Crippen LogP contribution in [0.15, 0.2) is 18.2 Å². The van der Waals surface area contributed by atoms with E-state index in [4.69, 9.17) is 21.6 Å². The lowest BCUT2D eigenvalue weighted by Crippen LogP contribution is -2.41. The van der Waals surface area contributed by atoms with Crippen LogP contribution in [0.1, 0.15) is 18.9 Å². The predicted molar refractivity (Wildman–Crippen MR) is 81.2 cm³/mol. The molecule has 5 nitrogen and oxygen atoms in total. The van der Waals surface area contributed by atoms with E-state index in [-0.39, 0.29) is 17.9 Å². The molecule has 1 aliphatic rings. The molecule has 1 aromatic rings. The highest BCUT2D eigenvalue weighted by atomic mass is 35.5. The van der Waals surface area contributed by atoms with Crippen molar-refractivity contribution in [2.45, 2.75) is 19.4 Å². The Morgan fingerprint density at radius 3 is 3.05 bits per heavy atom. The number of nitrogens with one attached hydrogen (secondary N) is 2. The van der Waals surface area contributed by atoms with E-state index in [2.05, 4.69) is 17.6 Å². The molecule has 1 fully saturated rings. The predicted octanol–water partition coefficient (Wildman–Crippen LogP) is 2.16. The Balaban J connectivity index is 2.07. The summed E-state index contributed by atoms with van der Waals surface area (Å²) in [6, 6.07) is 6.86. The van der Waals surface area contributed by atoms with Gasteiger partial charge in [0.1, 0.15) is 6.07 Å². The number of carbonyl (C=O) groups is 1. The van der Waals surface area contributed by atoms with E-state index in [0.717, 1.165) is 13.0 Å². The molecule has 1 amide bonds. The van der Waals surface area contributed by atoms with Crippen molar-refractivity contribution in [1.82, 2.24) is 5.32 Å². The van der Waals surface area contributed by atoms with Crippen molar-refractivity contribution in [2.24, 2.45) is 5.92 Å². The molecule has 1 heterocycles. The van der Waals surface area contributed by atoms with Crippen LogP contribution < -0.4 is 10.6 Å². The lowest BCUT2D eigenvalue weighted by atomic mass is 10.0. The van der Waals surface area contributed by atoms with Crippen LogP contribution in [-0.2, 0) is 9.53 Å². The number of nitriles is 1. The maximum absolute atomic E-state index is 12.4. The molecule has 2 N–H and O–H groups in total. The number of nitrogens with zero attached hydrogens (tertiary/aromatic N) is 1. The Bertz CT molecular complexity index is 556. The second kappa shape index (κ2) is 7.41. The fraction of sp³-hybridized carbons (Fsp3) is 0.467. The van der Waals surface area contributed by atoms with Crippen LogP contribution in [0.2, 0.25) is 5.02 Å². The molecular formula is C15H18ClN3O2. The number of anilines is 1. The van der Waals surface area contributed by atoms with Gasteiger partial charge in [-0.05, 0) is 31.2 Å². The lowest BCUT2D eigenvalue weighted by Gasteiger charge is -2.18. The van der Waals surface area contributed by atoms with E-state index in [1.807, 2.05) is 6.07 Å². The van der Waals surface area contributed by atoms with E-state index >= 15 is 0 Å². The molecule has 112 valence electrons. The normalized spacial score (nSPS) is 21.0. The zero-order valence-electron chi connectivity index (χ0n) is 11.9. The van der Waals surface area contributed by atoms with Crippen LogP contribution >= 0.6 is 11.6 Å². The van der Waals surface area contributed by atoms with E-state index in [1.165, 1.54) is 0 Å². The van der Waals surface area contributed by atoms with Gasteiger partial charge in [-0.1, -0.05) is 18.5 Å². The maximum atomic E-state index is 12.4. The standard InChI is InChI=1S/C15H18ClN3O2/c1-2-5-18-14-9-21-8-12(14)15(20)19-13-6-11(16)4-3-10(13)7-17/h3-4,6,12,14,18H,2,5,8-9H2,1H3,(H,19,20). The first kappa shape index (κ1) is 15.8. The summed E-state index contributed by atoms with van der Waals surface area (Å²) in [5.41, 5.74) is 0.834. The molecule has 0 radical (unpaired) electrons. The first-order valence-corrected chi connectivity index (χ1v) is 7.35. The van der Waals surface area contributed by atoms with Crippen LogP contribution in [0.3, 0.4) is 0 Å². The minimum absolute atomic E-state index is 0.00895. The summed E-state index contributed by atoms with van der Waals surface area (Å²) in [6.45, 7) is 3.83. The molecule has 2 unspecified atom stereocenters. The van der Waals surface area contributed by atoms with Gasteiger partial charge in [0.2, 0.25) is 5.91 Å². The van der Waals surface area contributed by atoms with Gasteiger partial charge >= 0.3 is 0 Å². The molecule has 21 heavy (non-hydrogen) atoms. The van der Waals surface area contributed by atoms with Gasteiger partial charge in [-0.15, -0.1) is 0 Å². The van der Waals surface area contributed by atoms with Gasteiger partial charge in [0.05, 0.1) is 30.4 Å². The molecule has 0 aromatic heterocycles. The zero-order chi connectivity index (χ0) is 15.2. The Morgan fingerprint density at radius 2 is 2.33 bits per heavy atom. The van der Waals surface area contributed by atoms with E-state index < -0.39 is 0 Å². The third kappa shape index (κ3) is 3.94. The zero-order valence-corrected chi connectivity index (χ0v) is 12.6. The minimum atomic E-state index is -0.262. The molecular weight excluding hydrogens is 290 g/mol. The quantitative estimate of drug-likeness (QED) is 0.874. The number of halogens is 1.